The lowest BCUT2D eigenvalue weighted by Crippen LogP contribution is -2.24. The molecule has 0 aliphatic rings. The molecule has 0 saturated heterocycles. The maximum Gasteiger partial charge on any atom is 0.248 e. The van der Waals surface area contributed by atoms with E-state index in [-0.39, 0.29) is 22.9 Å². The molecule has 0 aliphatic heterocycles. The Morgan fingerprint density at radius 2 is 1.74 bits per heavy atom. The van der Waals surface area contributed by atoms with Gasteiger partial charge in [-0.15, -0.1) is 0 Å². The zero-order chi connectivity index (χ0) is 16.9. The number of methoxy groups -OCH3 is 3. The van der Waals surface area contributed by atoms with Gasteiger partial charge in [0.1, 0.15) is 17.2 Å². The van der Waals surface area contributed by atoms with Gasteiger partial charge in [-0.3, -0.25) is 4.98 Å². The summed E-state index contributed by atoms with van der Waals surface area (Å²) < 4.78 is 43.2. The van der Waals surface area contributed by atoms with E-state index in [2.05, 4.69) is 9.71 Å². The Morgan fingerprint density at radius 3 is 2.22 bits per heavy atom. The number of hydrogen-bond acceptors (Lipinski definition) is 6. The predicted octanol–water partition coefficient (Wildman–Crippen LogP) is 1.59. The molecule has 0 radical (unpaired) electrons. The first-order valence-corrected chi connectivity index (χ1v) is 8.18. The Balaban J connectivity index is 2.38. The zero-order valence-electron chi connectivity index (χ0n) is 13.1. The van der Waals surface area contributed by atoms with Gasteiger partial charge in [0.2, 0.25) is 10.0 Å². The van der Waals surface area contributed by atoms with Crippen molar-refractivity contribution in [3.05, 3.63) is 42.2 Å². The molecule has 23 heavy (non-hydrogen) atoms. The number of pyridine rings is 1. The first-order chi connectivity index (χ1) is 11.0. The second kappa shape index (κ2) is 7.30. The smallest absolute Gasteiger partial charge is 0.248 e. The van der Waals surface area contributed by atoms with E-state index in [0.717, 1.165) is 5.56 Å². The van der Waals surface area contributed by atoms with Crippen LogP contribution in [0.3, 0.4) is 0 Å². The number of benzene rings is 1. The minimum atomic E-state index is -3.85. The highest BCUT2D eigenvalue weighted by atomic mass is 32.2. The quantitative estimate of drug-likeness (QED) is 0.825. The van der Waals surface area contributed by atoms with Crippen molar-refractivity contribution in [2.24, 2.45) is 0 Å². The lowest BCUT2D eigenvalue weighted by atomic mass is 10.3. The molecule has 8 heteroatoms. The van der Waals surface area contributed by atoms with Gasteiger partial charge < -0.3 is 14.2 Å². The van der Waals surface area contributed by atoms with Gasteiger partial charge in [-0.1, -0.05) is 6.07 Å². The molecule has 0 amide bonds. The molecule has 2 rings (SSSR count). The van der Waals surface area contributed by atoms with E-state index in [1.54, 1.807) is 24.5 Å². The van der Waals surface area contributed by atoms with Crippen molar-refractivity contribution in [1.82, 2.24) is 9.71 Å². The summed E-state index contributed by atoms with van der Waals surface area (Å²) in [4.78, 5) is 3.87. The third kappa shape index (κ3) is 3.91. The maximum atomic E-state index is 12.6. The van der Waals surface area contributed by atoms with E-state index < -0.39 is 10.0 Å². The van der Waals surface area contributed by atoms with Crippen molar-refractivity contribution in [3.63, 3.8) is 0 Å². The molecule has 1 aromatic carbocycles. The van der Waals surface area contributed by atoms with Crippen LogP contribution in [0.15, 0.2) is 41.6 Å². The molecule has 7 nitrogen and oxygen atoms in total. The fourth-order valence-corrected chi connectivity index (χ4v) is 3.31. The number of ether oxygens (including phenoxy) is 3. The second-order valence-electron chi connectivity index (χ2n) is 4.55. The van der Waals surface area contributed by atoms with Crippen LogP contribution in [0.25, 0.3) is 0 Å². The van der Waals surface area contributed by atoms with E-state index in [9.17, 15) is 8.42 Å². The maximum absolute atomic E-state index is 12.6. The highest BCUT2D eigenvalue weighted by Crippen LogP contribution is 2.37. The molecule has 0 fully saturated rings. The topological polar surface area (TPSA) is 86.8 Å². The van der Waals surface area contributed by atoms with Crippen LogP contribution in [0.1, 0.15) is 5.56 Å². The number of nitrogens with one attached hydrogen (secondary N) is 1. The van der Waals surface area contributed by atoms with Gasteiger partial charge in [-0.05, 0) is 11.6 Å². The van der Waals surface area contributed by atoms with E-state index in [1.807, 2.05) is 0 Å². The SMILES string of the molecule is COc1cc(OC)c(S(=O)(=O)NCc2cccnc2)c(OC)c1. The number of aromatic nitrogens is 1. The fraction of sp³-hybridized carbons (Fsp3) is 0.267. The summed E-state index contributed by atoms with van der Waals surface area (Å²) in [5.41, 5.74) is 0.738. The highest BCUT2D eigenvalue weighted by Gasteiger charge is 2.26. The number of nitrogens with zero attached hydrogens (tertiary/aromatic N) is 1. The van der Waals surface area contributed by atoms with Crippen molar-refractivity contribution < 1.29 is 22.6 Å². The van der Waals surface area contributed by atoms with Gasteiger partial charge in [0.25, 0.3) is 0 Å². The lowest BCUT2D eigenvalue weighted by Gasteiger charge is -2.15. The van der Waals surface area contributed by atoms with Crippen LogP contribution in [0.4, 0.5) is 0 Å². The molecule has 2 aromatic rings. The zero-order valence-corrected chi connectivity index (χ0v) is 13.9. The van der Waals surface area contributed by atoms with Crippen molar-refractivity contribution in [2.45, 2.75) is 11.4 Å². The fourth-order valence-electron chi connectivity index (χ4n) is 1.99. The Morgan fingerprint density at radius 1 is 1.09 bits per heavy atom. The van der Waals surface area contributed by atoms with Gasteiger partial charge in [0.15, 0.2) is 4.90 Å². The van der Waals surface area contributed by atoms with E-state index in [1.165, 1.54) is 33.5 Å². The van der Waals surface area contributed by atoms with Crippen molar-refractivity contribution >= 4 is 10.0 Å². The molecule has 124 valence electrons. The molecule has 0 aliphatic carbocycles. The third-order valence-electron chi connectivity index (χ3n) is 3.13. The normalized spacial score (nSPS) is 11.1. The van der Waals surface area contributed by atoms with Crippen LogP contribution in [-0.4, -0.2) is 34.7 Å². The first-order valence-electron chi connectivity index (χ1n) is 6.70. The Bertz CT molecular complexity index is 738. The standard InChI is InChI=1S/C15H18N2O5S/c1-20-12-7-13(21-2)15(14(8-12)22-3)23(18,19)17-10-11-5-4-6-16-9-11/h4-9,17H,10H2,1-3H3. The third-order valence-corrected chi connectivity index (χ3v) is 4.59. The van der Waals surface area contributed by atoms with Crippen molar-refractivity contribution in [3.8, 4) is 17.2 Å². The van der Waals surface area contributed by atoms with Gasteiger partial charge in [0.05, 0.1) is 21.3 Å². The average molecular weight is 338 g/mol. The Hall–Kier alpha value is -2.32. The molecule has 0 bridgehead atoms. The van der Waals surface area contributed by atoms with Crippen LogP contribution in [0, 0.1) is 0 Å². The molecule has 1 heterocycles. The average Bonchev–Trinajstić information content (AvgIpc) is 2.59. The number of sulfonamides is 1. The van der Waals surface area contributed by atoms with Crippen molar-refractivity contribution in [2.75, 3.05) is 21.3 Å². The molecule has 0 spiro atoms. The van der Waals surface area contributed by atoms with Crippen LogP contribution < -0.4 is 18.9 Å². The van der Waals surface area contributed by atoms with Gasteiger partial charge >= 0.3 is 0 Å². The molecule has 1 aromatic heterocycles. The molecule has 0 atom stereocenters. The summed E-state index contributed by atoms with van der Waals surface area (Å²) in [5.74, 6) is 0.713. The minimum absolute atomic E-state index is 0.0767. The largest absolute Gasteiger partial charge is 0.496 e. The van der Waals surface area contributed by atoms with Gasteiger partial charge in [-0.2, -0.15) is 0 Å². The highest BCUT2D eigenvalue weighted by molar-refractivity contribution is 7.89. The summed E-state index contributed by atoms with van der Waals surface area (Å²) in [5, 5.41) is 0. The number of hydrogen-bond donors (Lipinski definition) is 1. The lowest BCUT2D eigenvalue weighted by molar-refractivity contribution is 0.358. The minimum Gasteiger partial charge on any atom is -0.496 e. The Kier molecular flexibility index (Phi) is 5.41. The van der Waals surface area contributed by atoms with Crippen LogP contribution in [0.2, 0.25) is 0 Å². The van der Waals surface area contributed by atoms with E-state index in [0.29, 0.717) is 5.75 Å². The summed E-state index contributed by atoms with van der Waals surface area (Å²) in [6.07, 6.45) is 3.21. The van der Waals surface area contributed by atoms with E-state index in [4.69, 9.17) is 14.2 Å². The summed E-state index contributed by atoms with van der Waals surface area (Å²) in [6.45, 7) is 0.106. The molecular formula is C15H18N2O5S. The molecule has 0 unspecified atom stereocenters. The molecular weight excluding hydrogens is 320 g/mol. The summed E-state index contributed by atoms with van der Waals surface area (Å²) in [6, 6.07) is 6.48. The molecule has 0 saturated carbocycles. The second-order valence-corrected chi connectivity index (χ2v) is 6.25. The van der Waals surface area contributed by atoms with E-state index >= 15 is 0 Å². The van der Waals surface area contributed by atoms with Crippen molar-refractivity contribution in [1.29, 1.82) is 0 Å². The first kappa shape index (κ1) is 17.0. The van der Waals surface area contributed by atoms with Gasteiger partial charge in [0, 0.05) is 31.1 Å². The van der Waals surface area contributed by atoms with Crippen LogP contribution >= 0.6 is 0 Å². The molecule has 1 N–H and O–H groups in total. The monoisotopic (exact) mass is 338 g/mol. The summed E-state index contributed by atoms with van der Waals surface area (Å²) >= 11 is 0. The summed E-state index contributed by atoms with van der Waals surface area (Å²) in [7, 11) is 0.390. The van der Waals surface area contributed by atoms with Crippen LogP contribution in [-0.2, 0) is 16.6 Å². The number of rotatable bonds is 7. The predicted molar refractivity (Wildman–Crippen MR) is 84.4 cm³/mol. The van der Waals surface area contributed by atoms with Crippen LogP contribution in [0.5, 0.6) is 17.2 Å². The van der Waals surface area contributed by atoms with Gasteiger partial charge in [-0.25, -0.2) is 13.1 Å². The Labute approximate surface area is 135 Å².